The Morgan fingerprint density at radius 2 is 1.89 bits per heavy atom. The van der Waals surface area contributed by atoms with Crippen LogP contribution in [0.2, 0.25) is 0 Å². The quantitative estimate of drug-likeness (QED) is 0.655. The first kappa shape index (κ1) is 11.3. The average molecular weight is 251 g/mol. The van der Waals surface area contributed by atoms with E-state index in [1.165, 1.54) is 0 Å². The molecule has 0 atom stereocenters. The molecule has 0 fully saturated rings. The van der Waals surface area contributed by atoms with E-state index in [0.717, 1.165) is 16.5 Å². The van der Waals surface area contributed by atoms with Crippen molar-refractivity contribution in [2.24, 2.45) is 0 Å². The zero-order valence-electron chi connectivity index (χ0n) is 10.2. The maximum Gasteiger partial charge on any atom is 0.272 e. The van der Waals surface area contributed by atoms with E-state index >= 15 is 0 Å². The molecular weight excluding hydrogens is 238 g/mol. The van der Waals surface area contributed by atoms with E-state index in [-0.39, 0.29) is 5.91 Å². The highest BCUT2D eigenvalue weighted by Gasteiger charge is 2.09. The number of anilines is 2. The minimum atomic E-state index is -0.201. The van der Waals surface area contributed by atoms with Crippen LogP contribution in [0.4, 0.5) is 11.4 Å². The van der Waals surface area contributed by atoms with Crippen molar-refractivity contribution in [3.05, 3.63) is 60.4 Å². The number of nitrogens with one attached hydrogen (secondary N) is 2. The lowest BCUT2D eigenvalue weighted by atomic mass is 10.1. The minimum absolute atomic E-state index is 0.201. The van der Waals surface area contributed by atoms with Crippen molar-refractivity contribution >= 4 is 28.1 Å². The molecule has 4 heteroatoms. The van der Waals surface area contributed by atoms with Gasteiger partial charge in [0.2, 0.25) is 0 Å². The number of rotatable bonds is 2. The van der Waals surface area contributed by atoms with Gasteiger partial charge in [0.1, 0.15) is 5.69 Å². The summed E-state index contributed by atoms with van der Waals surface area (Å²) in [6.45, 7) is 0. The van der Waals surface area contributed by atoms with E-state index in [4.69, 9.17) is 5.73 Å². The summed E-state index contributed by atoms with van der Waals surface area (Å²) in [6, 6.07) is 15.3. The molecule has 0 aliphatic rings. The Morgan fingerprint density at radius 3 is 2.68 bits per heavy atom. The van der Waals surface area contributed by atoms with E-state index < -0.39 is 0 Å². The Balaban J connectivity index is 1.95. The molecule has 0 radical (unpaired) electrons. The first-order valence-corrected chi connectivity index (χ1v) is 5.97. The van der Waals surface area contributed by atoms with Gasteiger partial charge in [-0.05, 0) is 17.5 Å². The van der Waals surface area contributed by atoms with Gasteiger partial charge in [-0.15, -0.1) is 0 Å². The fraction of sp³-hybridized carbons (Fsp3) is 0. The summed E-state index contributed by atoms with van der Waals surface area (Å²) in [5.41, 5.74) is 7.37. The van der Waals surface area contributed by atoms with Crippen LogP contribution in [0, 0.1) is 0 Å². The summed E-state index contributed by atoms with van der Waals surface area (Å²) >= 11 is 0. The maximum atomic E-state index is 12.1. The second kappa shape index (κ2) is 4.49. The Bertz CT molecular complexity index is 740. The normalized spacial score (nSPS) is 10.5. The minimum Gasteiger partial charge on any atom is -0.397 e. The number of hydrogen-bond donors (Lipinski definition) is 3. The molecule has 0 spiro atoms. The van der Waals surface area contributed by atoms with Gasteiger partial charge in [0.15, 0.2) is 0 Å². The average Bonchev–Trinajstić information content (AvgIpc) is 2.86. The molecule has 3 rings (SSSR count). The second-order valence-electron chi connectivity index (χ2n) is 4.33. The maximum absolute atomic E-state index is 12.1. The SMILES string of the molecule is Nc1c[nH]c(C(=O)Nc2cccc3ccccc23)c1. The molecule has 0 saturated heterocycles. The van der Waals surface area contributed by atoms with Crippen molar-refractivity contribution in [2.75, 3.05) is 11.1 Å². The summed E-state index contributed by atoms with van der Waals surface area (Å²) < 4.78 is 0. The van der Waals surface area contributed by atoms with Crippen LogP contribution in [0.25, 0.3) is 10.8 Å². The predicted molar refractivity (Wildman–Crippen MR) is 77.1 cm³/mol. The van der Waals surface area contributed by atoms with E-state index in [2.05, 4.69) is 10.3 Å². The molecule has 0 bridgehead atoms. The molecule has 0 saturated carbocycles. The summed E-state index contributed by atoms with van der Waals surface area (Å²) in [4.78, 5) is 14.9. The van der Waals surface area contributed by atoms with Crippen molar-refractivity contribution in [1.29, 1.82) is 0 Å². The summed E-state index contributed by atoms with van der Waals surface area (Å²) in [5, 5.41) is 4.99. The Hall–Kier alpha value is -2.75. The van der Waals surface area contributed by atoms with E-state index in [0.29, 0.717) is 11.4 Å². The molecule has 0 aliphatic carbocycles. The lowest BCUT2D eigenvalue weighted by molar-refractivity contribution is 0.102. The highest BCUT2D eigenvalue weighted by atomic mass is 16.1. The standard InChI is InChI=1S/C15H13N3O/c16-11-8-14(17-9-11)15(19)18-13-7-3-5-10-4-1-2-6-12(10)13/h1-9,17H,16H2,(H,18,19). The Morgan fingerprint density at radius 1 is 1.11 bits per heavy atom. The summed E-state index contributed by atoms with van der Waals surface area (Å²) in [6.07, 6.45) is 1.60. The monoisotopic (exact) mass is 251 g/mol. The first-order chi connectivity index (χ1) is 9.24. The number of H-pyrrole nitrogens is 1. The van der Waals surface area contributed by atoms with Gasteiger partial charge in [0, 0.05) is 23.0 Å². The van der Waals surface area contributed by atoms with Gasteiger partial charge < -0.3 is 16.0 Å². The third-order valence-corrected chi connectivity index (χ3v) is 2.99. The topological polar surface area (TPSA) is 70.9 Å². The van der Waals surface area contributed by atoms with Gasteiger partial charge in [0.05, 0.1) is 0 Å². The molecule has 0 aliphatic heterocycles. The van der Waals surface area contributed by atoms with Gasteiger partial charge in [-0.2, -0.15) is 0 Å². The molecule has 1 heterocycles. The van der Waals surface area contributed by atoms with Crippen molar-refractivity contribution < 1.29 is 4.79 Å². The molecule has 0 unspecified atom stereocenters. The van der Waals surface area contributed by atoms with E-state index in [1.807, 2.05) is 42.5 Å². The summed E-state index contributed by atoms with van der Waals surface area (Å²) in [5.74, 6) is -0.201. The lowest BCUT2D eigenvalue weighted by Crippen LogP contribution is -2.12. The fourth-order valence-corrected chi connectivity index (χ4v) is 2.07. The summed E-state index contributed by atoms with van der Waals surface area (Å²) in [7, 11) is 0. The number of hydrogen-bond acceptors (Lipinski definition) is 2. The molecule has 4 N–H and O–H groups in total. The van der Waals surface area contributed by atoms with Gasteiger partial charge in [0.25, 0.3) is 5.91 Å². The zero-order valence-corrected chi connectivity index (χ0v) is 10.2. The number of amides is 1. The Kier molecular flexibility index (Phi) is 2.68. The number of fused-ring (bicyclic) bond motifs is 1. The van der Waals surface area contributed by atoms with Crippen LogP contribution in [0.5, 0.6) is 0 Å². The van der Waals surface area contributed by atoms with Crippen LogP contribution in [0.15, 0.2) is 54.7 Å². The number of benzene rings is 2. The lowest BCUT2D eigenvalue weighted by Gasteiger charge is -2.07. The molecule has 1 aromatic heterocycles. The van der Waals surface area contributed by atoms with Crippen LogP contribution in [0.1, 0.15) is 10.5 Å². The van der Waals surface area contributed by atoms with Crippen LogP contribution in [-0.4, -0.2) is 10.9 Å². The smallest absolute Gasteiger partial charge is 0.272 e. The molecule has 4 nitrogen and oxygen atoms in total. The highest BCUT2D eigenvalue weighted by molar-refractivity contribution is 6.08. The molecule has 1 amide bonds. The third kappa shape index (κ3) is 2.15. The van der Waals surface area contributed by atoms with Gasteiger partial charge >= 0.3 is 0 Å². The van der Waals surface area contributed by atoms with Crippen molar-refractivity contribution in [2.45, 2.75) is 0 Å². The van der Waals surface area contributed by atoms with Gasteiger partial charge in [-0.3, -0.25) is 4.79 Å². The highest BCUT2D eigenvalue weighted by Crippen LogP contribution is 2.23. The Labute approximate surface area is 110 Å². The third-order valence-electron chi connectivity index (χ3n) is 2.99. The first-order valence-electron chi connectivity index (χ1n) is 5.97. The van der Waals surface area contributed by atoms with E-state index in [1.54, 1.807) is 12.3 Å². The van der Waals surface area contributed by atoms with Crippen LogP contribution in [0.3, 0.4) is 0 Å². The van der Waals surface area contributed by atoms with Crippen molar-refractivity contribution in [3.8, 4) is 0 Å². The zero-order chi connectivity index (χ0) is 13.2. The molecule has 3 aromatic rings. The number of nitrogen functional groups attached to an aromatic ring is 1. The van der Waals surface area contributed by atoms with Gasteiger partial charge in [-0.25, -0.2) is 0 Å². The predicted octanol–water partition coefficient (Wildman–Crippen LogP) is 3.00. The number of nitrogens with two attached hydrogens (primary N) is 1. The van der Waals surface area contributed by atoms with Crippen molar-refractivity contribution in [1.82, 2.24) is 4.98 Å². The fourth-order valence-electron chi connectivity index (χ4n) is 2.07. The molecule has 94 valence electrons. The number of aromatic nitrogens is 1. The van der Waals surface area contributed by atoms with Crippen molar-refractivity contribution in [3.63, 3.8) is 0 Å². The molecule has 2 aromatic carbocycles. The van der Waals surface area contributed by atoms with Crippen LogP contribution < -0.4 is 11.1 Å². The van der Waals surface area contributed by atoms with Gasteiger partial charge in [-0.1, -0.05) is 36.4 Å². The molecular formula is C15H13N3O. The number of aromatic amines is 1. The number of carbonyl (C=O) groups is 1. The van der Waals surface area contributed by atoms with Crippen LogP contribution >= 0.6 is 0 Å². The number of carbonyl (C=O) groups excluding carboxylic acids is 1. The second-order valence-corrected chi connectivity index (χ2v) is 4.33. The molecule has 19 heavy (non-hydrogen) atoms. The largest absolute Gasteiger partial charge is 0.397 e. The van der Waals surface area contributed by atoms with Crippen LogP contribution in [-0.2, 0) is 0 Å². The van der Waals surface area contributed by atoms with E-state index in [9.17, 15) is 4.79 Å².